The number of ether oxygens (including phenoxy) is 1. The Hall–Kier alpha value is -1.77. The molecule has 0 aromatic carbocycles. The molecule has 0 aromatic rings. The Morgan fingerprint density at radius 3 is 1.19 bits per heavy atom. The highest BCUT2D eigenvalue weighted by Gasteiger charge is 2.30. The van der Waals surface area contributed by atoms with Gasteiger partial charge in [0.25, 0.3) is 0 Å². The van der Waals surface area contributed by atoms with Gasteiger partial charge in [0.1, 0.15) is 19.3 Å². The van der Waals surface area contributed by atoms with Crippen LogP contribution in [0.1, 0.15) is 329 Å². The van der Waals surface area contributed by atoms with Crippen LogP contribution in [-0.4, -0.2) is 74.3 Å². The van der Waals surface area contributed by atoms with Crippen LogP contribution in [0.4, 0.5) is 0 Å². The number of unbranched alkanes of at least 4 members (excludes halogenated alkanes) is 41. The largest absolute Gasteiger partial charge is 0.472 e. The zero-order chi connectivity index (χ0) is 56.4. The summed E-state index contributed by atoms with van der Waals surface area (Å²) < 4.78 is 30.8. The lowest BCUT2D eigenvalue weighted by Crippen LogP contribution is -2.47. The van der Waals surface area contributed by atoms with Gasteiger partial charge in [-0.3, -0.25) is 18.6 Å². The van der Waals surface area contributed by atoms with Crippen molar-refractivity contribution in [2.45, 2.75) is 341 Å². The Balaban J connectivity index is 5.18. The third kappa shape index (κ3) is 58.7. The van der Waals surface area contributed by atoms with Crippen molar-refractivity contribution >= 4 is 19.7 Å². The lowest BCUT2D eigenvalue weighted by molar-refractivity contribution is -0.870. The normalized spacial score (nSPS) is 13.8. The fraction of sp³-hybridized carbons (Fsp3) is 0.881. The molecular weight excluding hydrogens is 976 g/mol. The number of phosphoric ester groups is 1. The van der Waals surface area contributed by atoms with Crippen molar-refractivity contribution in [1.82, 2.24) is 5.32 Å². The molecule has 0 aliphatic carbocycles. The summed E-state index contributed by atoms with van der Waals surface area (Å²) in [5, 5.41) is 3.07. The molecule has 9 nitrogen and oxygen atoms in total. The number of nitrogens with zero attached hydrogens (tertiary/aromatic N) is 1. The molecule has 0 radical (unpaired) electrons. The molecule has 0 saturated carbocycles. The molecule has 1 amide bonds. The summed E-state index contributed by atoms with van der Waals surface area (Å²) in [6.07, 6.45) is 70.0. The van der Waals surface area contributed by atoms with Gasteiger partial charge in [0.15, 0.2) is 0 Å². The van der Waals surface area contributed by atoms with Crippen LogP contribution < -0.4 is 5.32 Å². The van der Waals surface area contributed by atoms with Crippen molar-refractivity contribution < 1.29 is 37.3 Å². The highest BCUT2D eigenvalue weighted by atomic mass is 31.2. The van der Waals surface area contributed by atoms with Crippen LogP contribution >= 0.6 is 7.82 Å². The number of allylic oxidation sites excluding steroid dienone is 5. The van der Waals surface area contributed by atoms with Gasteiger partial charge in [0.05, 0.1) is 33.8 Å². The molecule has 0 aliphatic rings. The lowest BCUT2D eigenvalue weighted by Gasteiger charge is -2.27. The monoisotopic (exact) mass is 1110 g/mol. The molecule has 0 aromatic heterocycles. The van der Waals surface area contributed by atoms with E-state index in [0.717, 1.165) is 77.0 Å². The minimum atomic E-state index is -4.45. The molecular formula is C67H130N2O7P+. The van der Waals surface area contributed by atoms with E-state index in [1.807, 2.05) is 33.3 Å². The topological polar surface area (TPSA) is 111 Å². The van der Waals surface area contributed by atoms with Crippen molar-refractivity contribution in [3.63, 3.8) is 0 Å². The summed E-state index contributed by atoms with van der Waals surface area (Å²) >= 11 is 0. The maximum absolute atomic E-state index is 13.6. The van der Waals surface area contributed by atoms with E-state index in [4.69, 9.17) is 13.8 Å². The average molecular weight is 1110 g/mol. The average Bonchev–Trinajstić information content (AvgIpc) is 3.39. The molecule has 0 spiro atoms. The summed E-state index contributed by atoms with van der Waals surface area (Å²) in [6.45, 7) is 7.03. The summed E-state index contributed by atoms with van der Waals surface area (Å²) in [4.78, 5) is 37.8. The number of nitrogens with one attached hydrogen (secondary N) is 1. The first kappa shape index (κ1) is 75.2. The highest BCUT2D eigenvalue weighted by molar-refractivity contribution is 7.47. The summed E-state index contributed by atoms with van der Waals surface area (Å²) in [5.74, 6) is -0.497. The number of esters is 1. The van der Waals surface area contributed by atoms with Gasteiger partial charge in [-0.25, -0.2) is 4.57 Å². The fourth-order valence-corrected chi connectivity index (χ4v) is 10.7. The quantitative estimate of drug-likeness (QED) is 0.0205. The Kier molecular flexibility index (Phi) is 56.1. The maximum atomic E-state index is 13.6. The molecule has 10 heteroatoms. The number of carbonyl (C=O) groups is 2. The number of phosphoric acid groups is 1. The van der Waals surface area contributed by atoms with Crippen LogP contribution in [0.5, 0.6) is 0 Å². The molecule has 0 aliphatic heterocycles. The third-order valence-corrected chi connectivity index (χ3v) is 16.1. The predicted octanol–water partition coefficient (Wildman–Crippen LogP) is 20.7. The number of likely N-dealkylation sites (N-methyl/N-ethyl adjacent to an activating group) is 1. The molecule has 3 unspecified atom stereocenters. The van der Waals surface area contributed by atoms with Gasteiger partial charge < -0.3 is 19.4 Å². The van der Waals surface area contributed by atoms with E-state index in [1.165, 1.54) is 218 Å². The van der Waals surface area contributed by atoms with Gasteiger partial charge >= 0.3 is 13.8 Å². The molecule has 2 N–H and O–H groups in total. The van der Waals surface area contributed by atoms with Crippen LogP contribution in [0.15, 0.2) is 36.5 Å². The van der Waals surface area contributed by atoms with Crippen molar-refractivity contribution in [2.75, 3.05) is 40.9 Å². The minimum absolute atomic E-state index is 0.0414. The number of amides is 1. The first-order valence-corrected chi connectivity index (χ1v) is 34.8. The second-order valence-corrected chi connectivity index (χ2v) is 25.5. The zero-order valence-corrected chi connectivity index (χ0v) is 52.9. The van der Waals surface area contributed by atoms with Gasteiger partial charge in [-0.05, 0) is 63.9 Å². The Morgan fingerprint density at radius 2 is 0.792 bits per heavy atom. The molecule has 3 atom stereocenters. The third-order valence-electron chi connectivity index (χ3n) is 15.1. The van der Waals surface area contributed by atoms with E-state index in [2.05, 4.69) is 50.4 Å². The summed E-state index contributed by atoms with van der Waals surface area (Å²) in [6, 6.07) is -0.848. The number of rotatable bonds is 61. The number of hydrogen-bond acceptors (Lipinski definition) is 6. The van der Waals surface area contributed by atoms with Crippen LogP contribution in [0, 0.1) is 0 Å². The van der Waals surface area contributed by atoms with Gasteiger partial charge in [-0.2, -0.15) is 0 Å². The van der Waals surface area contributed by atoms with E-state index < -0.39 is 20.0 Å². The first-order valence-electron chi connectivity index (χ1n) is 33.3. The van der Waals surface area contributed by atoms with Gasteiger partial charge in [0.2, 0.25) is 5.91 Å². The second kappa shape index (κ2) is 57.5. The molecule has 0 heterocycles. The molecule has 0 rings (SSSR count). The van der Waals surface area contributed by atoms with Crippen molar-refractivity contribution in [2.24, 2.45) is 0 Å². The molecule has 454 valence electrons. The van der Waals surface area contributed by atoms with Gasteiger partial charge in [-0.15, -0.1) is 0 Å². The molecule has 0 saturated heterocycles. The van der Waals surface area contributed by atoms with Crippen molar-refractivity contribution in [3.05, 3.63) is 36.5 Å². The van der Waals surface area contributed by atoms with Gasteiger partial charge in [-0.1, -0.05) is 289 Å². The first-order chi connectivity index (χ1) is 37.4. The maximum Gasteiger partial charge on any atom is 0.472 e. The van der Waals surface area contributed by atoms with E-state index in [1.54, 1.807) is 0 Å². The fourth-order valence-electron chi connectivity index (χ4n) is 9.91. The second-order valence-electron chi connectivity index (χ2n) is 24.0. The molecule has 77 heavy (non-hydrogen) atoms. The van der Waals surface area contributed by atoms with Crippen LogP contribution in [-0.2, 0) is 27.9 Å². The SMILES string of the molecule is CCCCC/C=C\C/C=C\CCCCCCCCCC(=O)OC(/C=C/CCCCCCCCCCCCC)C(COP(=O)(O)OCC[N+](C)(C)C)NC(=O)CCCCCCCCCCCCCCCCCCCCCCC. The smallest absolute Gasteiger partial charge is 0.456 e. The number of carbonyl (C=O) groups excluding carboxylic acids is 2. The molecule has 0 fully saturated rings. The Bertz CT molecular complexity index is 1410. The highest BCUT2D eigenvalue weighted by Crippen LogP contribution is 2.43. The van der Waals surface area contributed by atoms with Crippen LogP contribution in [0.3, 0.4) is 0 Å². The summed E-state index contributed by atoms with van der Waals surface area (Å²) in [7, 11) is 1.51. The van der Waals surface area contributed by atoms with E-state index in [0.29, 0.717) is 17.4 Å². The Morgan fingerprint density at radius 1 is 0.455 bits per heavy atom. The van der Waals surface area contributed by atoms with Crippen LogP contribution in [0.2, 0.25) is 0 Å². The molecule has 0 bridgehead atoms. The van der Waals surface area contributed by atoms with Crippen molar-refractivity contribution in [1.29, 1.82) is 0 Å². The van der Waals surface area contributed by atoms with Crippen molar-refractivity contribution in [3.8, 4) is 0 Å². The lowest BCUT2D eigenvalue weighted by atomic mass is 10.0. The summed E-state index contributed by atoms with van der Waals surface area (Å²) in [5.41, 5.74) is 0. The van der Waals surface area contributed by atoms with Crippen LogP contribution in [0.25, 0.3) is 0 Å². The predicted molar refractivity (Wildman–Crippen MR) is 332 cm³/mol. The van der Waals surface area contributed by atoms with E-state index in [-0.39, 0.29) is 31.5 Å². The van der Waals surface area contributed by atoms with E-state index >= 15 is 0 Å². The number of hydrogen-bond donors (Lipinski definition) is 2. The minimum Gasteiger partial charge on any atom is -0.456 e. The van der Waals surface area contributed by atoms with E-state index in [9.17, 15) is 19.0 Å². The number of quaternary nitrogens is 1. The standard InChI is InChI=1S/C67H129N2O7P/c1-7-10-13-16-19-22-25-28-30-32-33-34-35-37-38-41-44-47-50-53-56-59-66(70)68-64(63-75-77(72,73)74-62-61-69(4,5)6)65(58-55-52-49-46-43-40-27-24-21-18-15-12-9-3)76-67(71)60-57-54-51-48-45-42-39-36-31-29-26-23-20-17-14-11-8-2/h20,23,29,31,55,58,64-65H,7-19,21-22,24-28,30,32-54,56-57,59-63H2,1-6H3,(H-,68,70,72,73)/p+1/b23-20-,31-29-,58-55+. The van der Waals surface area contributed by atoms with Gasteiger partial charge in [0, 0.05) is 12.8 Å². The Labute approximate surface area is 478 Å². The zero-order valence-electron chi connectivity index (χ0n) is 52.0.